The molecule has 0 aliphatic rings. The number of alkyl carbamates (subject to hydrolysis) is 2. The second-order valence-electron chi connectivity index (χ2n) is 3.80. The summed E-state index contributed by atoms with van der Waals surface area (Å²) in [6, 6.07) is 0. The average molecular weight is 324 g/mol. The van der Waals surface area contributed by atoms with E-state index < -0.39 is 12.2 Å². The van der Waals surface area contributed by atoms with Crippen molar-refractivity contribution in [1.29, 1.82) is 0 Å². The minimum atomic E-state index is -0.606. The highest BCUT2D eigenvalue weighted by Crippen LogP contribution is 1.84. The van der Waals surface area contributed by atoms with Crippen molar-refractivity contribution in [1.82, 2.24) is 10.6 Å². The van der Waals surface area contributed by atoms with Crippen LogP contribution in [0.3, 0.4) is 0 Å². The molecule has 0 aliphatic heterocycles. The predicted octanol–water partition coefficient (Wildman–Crippen LogP) is -1.54. The van der Waals surface area contributed by atoms with Gasteiger partial charge in [-0.2, -0.15) is 0 Å². The van der Waals surface area contributed by atoms with Gasteiger partial charge < -0.3 is 39.8 Å². The van der Waals surface area contributed by atoms with Crippen LogP contribution >= 0.6 is 0 Å². The van der Waals surface area contributed by atoms with Crippen molar-refractivity contribution in [3.63, 3.8) is 0 Å². The number of aliphatic hydroxyl groups is 2. The molecule has 0 radical (unpaired) electrons. The standard InChI is InChI=1S/C12H24N2O8/c15-3-1-13-11(17)21-9-7-19-5-6-20-8-10-22-12(18)14-2-4-16/h15-16H,1-10H2,(H,13,17)(H,14,18). The largest absolute Gasteiger partial charge is 0.447 e. The maximum atomic E-state index is 10.9. The Kier molecular flexibility index (Phi) is 14.6. The third-order valence-corrected chi connectivity index (χ3v) is 2.06. The summed E-state index contributed by atoms with van der Waals surface area (Å²) in [5.41, 5.74) is 0. The van der Waals surface area contributed by atoms with E-state index in [9.17, 15) is 9.59 Å². The number of rotatable bonds is 13. The average Bonchev–Trinajstić information content (AvgIpc) is 2.52. The Labute approximate surface area is 128 Å². The molecule has 130 valence electrons. The van der Waals surface area contributed by atoms with Gasteiger partial charge in [-0.3, -0.25) is 0 Å². The number of amides is 2. The number of carbonyl (C=O) groups is 2. The molecule has 0 aliphatic carbocycles. The minimum absolute atomic E-state index is 0.103. The van der Waals surface area contributed by atoms with Crippen LogP contribution in [0.4, 0.5) is 9.59 Å². The molecule has 0 aromatic carbocycles. The van der Waals surface area contributed by atoms with Gasteiger partial charge in [0.2, 0.25) is 0 Å². The first-order valence-electron chi connectivity index (χ1n) is 6.89. The van der Waals surface area contributed by atoms with Gasteiger partial charge in [0.15, 0.2) is 0 Å². The number of ether oxygens (including phenoxy) is 4. The molecule has 0 aromatic heterocycles. The van der Waals surface area contributed by atoms with Crippen molar-refractivity contribution in [2.75, 3.05) is 65.9 Å². The molecule has 10 heteroatoms. The van der Waals surface area contributed by atoms with Gasteiger partial charge in [-0.25, -0.2) is 9.59 Å². The molecule has 0 bridgehead atoms. The third kappa shape index (κ3) is 14.8. The summed E-state index contributed by atoms with van der Waals surface area (Å²) < 4.78 is 19.8. The van der Waals surface area contributed by atoms with Crippen molar-refractivity contribution in [2.24, 2.45) is 0 Å². The summed E-state index contributed by atoms with van der Waals surface area (Å²) in [6.45, 7) is 1.31. The van der Waals surface area contributed by atoms with E-state index in [2.05, 4.69) is 10.6 Å². The van der Waals surface area contributed by atoms with E-state index in [4.69, 9.17) is 29.2 Å². The zero-order chi connectivity index (χ0) is 16.5. The molecule has 0 heterocycles. The number of aliphatic hydroxyl groups excluding tert-OH is 2. The minimum Gasteiger partial charge on any atom is -0.447 e. The van der Waals surface area contributed by atoms with Crippen LogP contribution in [0.15, 0.2) is 0 Å². The van der Waals surface area contributed by atoms with E-state index in [1.165, 1.54) is 0 Å². The van der Waals surface area contributed by atoms with E-state index in [1.54, 1.807) is 0 Å². The van der Waals surface area contributed by atoms with Gasteiger partial charge in [0.1, 0.15) is 13.2 Å². The van der Waals surface area contributed by atoms with Gasteiger partial charge in [-0.1, -0.05) is 0 Å². The molecule has 0 spiro atoms. The molecule has 0 atom stereocenters. The van der Waals surface area contributed by atoms with Gasteiger partial charge in [0.05, 0.1) is 39.6 Å². The lowest BCUT2D eigenvalue weighted by Gasteiger charge is -2.08. The van der Waals surface area contributed by atoms with Crippen LogP contribution in [0.2, 0.25) is 0 Å². The molecule has 0 unspecified atom stereocenters. The van der Waals surface area contributed by atoms with Crippen LogP contribution in [0.5, 0.6) is 0 Å². The maximum Gasteiger partial charge on any atom is 0.407 e. The van der Waals surface area contributed by atoms with Gasteiger partial charge in [0.25, 0.3) is 0 Å². The van der Waals surface area contributed by atoms with Crippen molar-refractivity contribution in [3.8, 4) is 0 Å². The maximum absolute atomic E-state index is 10.9. The van der Waals surface area contributed by atoms with Crippen LogP contribution < -0.4 is 10.6 Å². The Hall–Kier alpha value is -1.62. The summed E-state index contributed by atoms with van der Waals surface area (Å²) in [5.74, 6) is 0. The van der Waals surface area contributed by atoms with Crippen molar-refractivity contribution in [2.45, 2.75) is 0 Å². The van der Waals surface area contributed by atoms with Crippen molar-refractivity contribution < 1.29 is 38.7 Å². The van der Waals surface area contributed by atoms with E-state index in [-0.39, 0.29) is 52.7 Å². The van der Waals surface area contributed by atoms with Gasteiger partial charge in [-0.05, 0) is 0 Å². The molecule has 22 heavy (non-hydrogen) atoms. The monoisotopic (exact) mass is 324 g/mol. The summed E-state index contributed by atoms with van der Waals surface area (Å²) in [6.07, 6.45) is -1.21. The molecular weight excluding hydrogens is 300 g/mol. The fourth-order valence-corrected chi connectivity index (χ4v) is 1.13. The Morgan fingerprint density at radius 1 is 0.682 bits per heavy atom. The van der Waals surface area contributed by atoms with Gasteiger partial charge in [-0.15, -0.1) is 0 Å². The topological polar surface area (TPSA) is 136 Å². The molecule has 2 amide bonds. The van der Waals surface area contributed by atoms with Crippen LogP contribution in [0.25, 0.3) is 0 Å². The Morgan fingerprint density at radius 2 is 1.05 bits per heavy atom. The summed E-state index contributed by atoms with van der Waals surface area (Å²) in [5, 5.41) is 21.6. The van der Waals surface area contributed by atoms with Crippen molar-refractivity contribution >= 4 is 12.2 Å². The highest BCUT2D eigenvalue weighted by atomic mass is 16.6. The molecular formula is C12H24N2O8. The number of hydrogen-bond acceptors (Lipinski definition) is 8. The van der Waals surface area contributed by atoms with Crippen LogP contribution in [-0.2, 0) is 18.9 Å². The SMILES string of the molecule is O=C(NCCO)OCCOCCOCCOC(=O)NCCO. The number of hydrogen-bond donors (Lipinski definition) is 4. The molecule has 0 saturated carbocycles. The Morgan fingerprint density at radius 3 is 1.41 bits per heavy atom. The molecule has 0 saturated heterocycles. The van der Waals surface area contributed by atoms with Crippen LogP contribution in [0, 0.1) is 0 Å². The zero-order valence-electron chi connectivity index (χ0n) is 12.4. The predicted molar refractivity (Wildman–Crippen MR) is 74.5 cm³/mol. The first-order chi connectivity index (χ1) is 10.7. The highest BCUT2D eigenvalue weighted by Gasteiger charge is 2.01. The number of carbonyl (C=O) groups excluding carboxylic acids is 2. The van der Waals surface area contributed by atoms with Crippen LogP contribution in [0.1, 0.15) is 0 Å². The lowest BCUT2D eigenvalue weighted by Crippen LogP contribution is -2.28. The van der Waals surface area contributed by atoms with E-state index in [0.29, 0.717) is 13.2 Å². The lowest BCUT2D eigenvalue weighted by molar-refractivity contribution is 0.0154. The molecule has 0 fully saturated rings. The van der Waals surface area contributed by atoms with Gasteiger partial charge >= 0.3 is 12.2 Å². The Bertz CT molecular complexity index is 262. The summed E-state index contributed by atoms with van der Waals surface area (Å²) >= 11 is 0. The van der Waals surface area contributed by atoms with E-state index in [0.717, 1.165) is 0 Å². The smallest absolute Gasteiger partial charge is 0.407 e. The Balaban J connectivity index is 3.17. The summed E-state index contributed by atoms with van der Waals surface area (Å²) in [7, 11) is 0. The lowest BCUT2D eigenvalue weighted by atomic mass is 10.7. The fourth-order valence-electron chi connectivity index (χ4n) is 1.13. The van der Waals surface area contributed by atoms with Crippen molar-refractivity contribution in [3.05, 3.63) is 0 Å². The fraction of sp³-hybridized carbons (Fsp3) is 0.833. The highest BCUT2D eigenvalue weighted by molar-refractivity contribution is 5.67. The second-order valence-corrected chi connectivity index (χ2v) is 3.80. The normalized spacial score (nSPS) is 10.1. The summed E-state index contributed by atoms with van der Waals surface area (Å²) in [4.78, 5) is 21.9. The number of nitrogens with one attached hydrogen (secondary N) is 2. The molecule has 0 rings (SSSR count). The first-order valence-corrected chi connectivity index (χ1v) is 6.89. The second kappa shape index (κ2) is 15.8. The van der Waals surface area contributed by atoms with Gasteiger partial charge in [0, 0.05) is 13.1 Å². The molecule has 0 aromatic rings. The third-order valence-electron chi connectivity index (χ3n) is 2.06. The van der Waals surface area contributed by atoms with E-state index in [1.807, 2.05) is 0 Å². The quantitative estimate of drug-likeness (QED) is 0.299. The zero-order valence-corrected chi connectivity index (χ0v) is 12.4. The molecule has 4 N–H and O–H groups in total. The van der Waals surface area contributed by atoms with E-state index >= 15 is 0 Å². The molecule has 10 nitrogen and oxygen atoms in total. The van der Waals surface area contributed by atoms with Crippen LogP contribution in [-0.4, -0.2) is 88.3 Å². The first kappa shape index (κ1) is 20.4.